The van der Waals surface area contributed by atoms with Gasteiger partial charge in [-0.1, -0.05) is 27.2 Å². The minimum atomic E-state index is -0.470. The van der Waals surface area contributed by atoms with Crippen molar-refractivity contribution in [3.63, 3.8) is 0 Å². The van der Waals surface area contributed by atoms with Crippen LogP contribution in [0.4, 0.5) is 0 Å². The van der Waals surface area contributed by atoms with Gasteiger partial charge in [0.05, 0.1) is 36.4 Å². The molecular formula is C50H106N8O6. The molecule has 0 bridgehead atoms. The van der Waals surface area contributed by atoms with E-state index in [1.165, 1.54) is 104 Å². The number of hydrogen-bond donors (Lipinski definition) is 11. The molecule has 64 heavy (non-hydrogen) atoms. The van der Waals surface area contributed by atoms with Crippen LogP contribution in [0.1, 0.15) is 151 Å². The highest BCUT2D eigenvalue weighted by molar-refractivity contribution is 5.72. The van der Waals surface area contributed by atoms with E-state index in [0.717, 1.165) is 123 Å². The Morgan fingerprint density at radius 3 is 1.14 bits per heavy atom. The Labute approximate surface area is 393 Å². The molecule has 0 aromatic rings. The molecular weight excluding hydrogens is 809 g/mol. The summed E-state index contributed by atoms with van der Waals surface area (Å²) in [6, 6.07) is 0. The van der Waals surface area contributed by atoms with Gasteiger partial charge in [0.1, 0.15) is 0 Å². The minimum Gasteiger partial charge on any atom is -0.469 e. The van der Waals surface area contributed by atoms with E-state index in [2.05, 4.69) is 68.0 Å². The Morgan fingerprint density at radius 1 is 0.531 bits per heavy atom. The molecule has 8 fully saturated rings. The molecule has 8 saturated heterocycles. The summed E-state index contributed by atoms with van der Waals surface area (Å²) in [4.78, 5) is 10.9. The predicted molar refractivity (Wildman–Crippen MR) is 267 cm³/mol. The van der Waals surface area contributed by atoms with Crippen molar-refractivity contribution in [2.45, 2.75) is 174 Å². The van der Waals surface area contributed by atoms with Crippen molar-refractivity contribution < 1.29 is 29.6 Å². The number of aliphatic hydroxyl groups excluding tert-OH is 1. The summed E-state index contributed by atoms with van der Waals surface area (Å²) in [5, 5.41) is 53.8. The van der Waals surface area contributed by atoms with Gasteiger partial charge in [0.2, 0.25) is 0 Å². The van der Waals surface area contributed by atoms with Gasteiger partial charge in [-0.15, -0.1) is 0 Å². The van der Waals surface area contributed by atoms with Crippen LogP contribution in [-0.4, -0.2) is 164 Å². The Kier molecular flexibility index (Phi) is 36.1. The Hall–Kier alpha value is -1.01. The summed E-state index contributed by atoms with van der Waals surface area (Å²) in [7, 11) is 3.24. The van der Waals surface area contributed by atoms with Crippen LogP contribution >= 0.6 is 0 Å². The van der Waals surface area contributed by atoms with Crippen LogP contribution in [0.5, 0.6) is 0 Å². The second-order valence-electron chi connectivity index (χ2n) is 20.8. The molecule has 0 aromatic carbocycles. The summed E-state index contributed by atoms with van der Waals surface area (Å²) in [6.45, 7) is 30.3. The highest BCUT2D eigenvalue weighted by atomic mass is 16.5. The first-order chi connectivity index (χ1) is 30.6. The van der Waals surface area contributed by atoms with Crippen LogP contribution in [0.15, 0.2) is 0 Å². The topological polar surface area (TPSA) is 192 Å². The number of carbonyl (C=O) groups excluding carboxylic acids is 1. The van der Waals surface area contributed by atoms with E-state index in [0.29, 0.717) is 17.4 Å². The molecule has 14 nitrogen and oxygen atoms in total. The average Bonchev–Trinajstić information content (AvgIpc) is 3.32. The van der Waals surface area contributed by atoms with Crippen LogP contribution in [-0.2, 0) is 14.3 Å². The van der Waals surface area contributed by atoms with Crippen molar-refractivity contribution in [2.75, 3.05) is 119 Å². The van der Waals surface area contributed by atoms with E-state index in [-0.39, 0.29) is 23.6 Å². The third-order valence-electron chi connectivity index (χ3n) is 13.6. The molecule has 0 atom stereocenters. The molecule has 0 aliphatic carbocycles. The Balaban J connectivity index is 0.000000367. The van der Waals surface area contributed by atoms with Crippen molar-refractivity contribution in [3.8, 4) is 0 Å². The summed E-state index contributed by atoms with van der Waals surface area (Å²) < 4.78 is 9.77. The summed E-state index contributed by atoms with van der Waals surface area (Å²) in [6.07, 6.45) is 20.2. The number of hydrogen-bond acceptors (Lipinski definition) is 14. The number of nitrogens with one attached hydrogen (secondary N) is 8. The molecule has 14 heteroatoms. The van der Waals surface area contributed by atoms with Crippen LogP contribution in [0, 0.1) is 23.2 Å². The fourth-order valence-corrected chi connectivity index (χ4v) is 8.43. The van der Waals surface area contributed by atoms with E-state index >= 15 is 0 Å². The zero-order chi connectivity index (χ0) is 47.4. The van der Waals surface area contributed by atoms with Gasteiger partial charge in [0.25, 0.3) is 0 Å². The van der Waals surface area contributed by atoms with Gasteiger partial charge in [-0.05, 0) is 245 Å². The third-order valence-corrected chi connectivity index (χ3v) is 13.6. The standard InChI is InChI=1S/C8H17NO.C7H13NO2.C7H15N.2C6H13NO.C6H13N.C5H11NO.C5H11N/c1-8(2,10)7-3-5-9-6-4-7;1-10-7(9)6-2-4-8-5-3-6;1-7(2)3-5-8-6-4-7;1-8-6-2-4-7-5-3-6;1-6(8)2-4-7-5-3-6;1-6-2-4-7-5-3-6;7-5-1-3-6-4-2-5;1-2-4-6-5-3-1/h7,9-10H,3-6H2,1-2H3;6,8H,2-5H2,1H3;8H,3-6H2,1-2H3;6-7H,2-5H2,1H3;7-8H,2-5H2,1H3;6-7H,2-5H2,1H3;5-7H,1-4H2;6H,1-5H2. The van der Waals surface area contributed by atoms with E-state index in [4.69, 9.17) is 9.84 Å². The first-order valence-electron chi connectivity index (χ1n) is 26.0. The van der Waals surface area contributed by atoms with Gasteiger partial charge < -0.3 is 67.3 Å². The van der Waals surface area contributed by atoms with Crippen LogP contribution in [0.2, 0.25) is 0 Å². The van der Waals surface area contributed by atoms with Crippen LogP contribution in [0.25, 0.3) is 0 Å². The SMILES string of the molecule is C1CCNCC1.CC(C)(O)C1CCNCC1.CC1(C)CCNCC1.CC1(O)CCNCC1.CC1CCNCC1.COC(=O)C1CCNCC1.COC1CCNCC1.OC1CCNCC1. The summed E-state index contributed by atoms with van der Waals surface area (Å²) >= 11 is 0. The zero-order valence-corrected chi connectivity index (χ0v) is 42.8. The molecule has 0 unspecified atom stereocenters. The maximum absolute atomic E-state index is 10.9. The molecule has 11 N–H and O–H groups in total. The second-order valence-corrected chi connectivity index (χ2v) is 20.8. The number of esters is 1. The lowest BCUT2D eigenvalue weighted by molar-refractivity contribution is -0.146. The molecule has 8 heterocycles. The normalized spacial score (nSPS) is 24.5. The third kappa shape index (κ3) is 35.2. The fraction of sp³-hybridized carbons (Fsp3) is 0.980. The number of ether oxygens (including phenoxy) is 2. The van der Waals surface area contributed by atoms with Gasteiger partial charge in [0.15, 0.2) is 0 Å². The minimum absolute atomic E-state index is 0.0266. The van der Waals surface area contributed by atoms with Crippen LogP contribution in [0.3, 0.4) is 0 Å². The van der Waals surface area contributed by atoms with E-state index in [1.54, 1.807) is 7.11 Å². The lowest BCUT2D eigenvalue weighted by Gasteiger charge is -2.32. The Morgan fingerprint density at radius 2 is 0.906 bits per heavy atom. The largest absolute Gasteiger partial charge is 0.469 e. The van der Waals surface area contributed by atoms with Crippen molar-refractivity contribution in [2.24, 2.45) is 23.2 Å². The maximum atomic E-state index is 10.9. The molecule has 0 aromatic heterocycles. The quantitative estimate of drug-likeness (QED) is 0.180. The van der Waals surface area contributed by atoms with Gasteiger partial charge in [-0.3, -0.25) is 4.79 Å². The number of methoxy groups -OCH3 is 2. The first-order valence-corrected chi connectivity index (χ1v) is 26.0. The van der Waals surface area contributed by atoms with Gasteiger partial charge in [0, 0.05) is 7.11 Å². The fourth-order valence-electron chi connectivity index (χ4n) is 8.43. The molecule has 8 aliphatic heterocycles. The number of carbonyl (C=O) groups is 1. The maximum Gasteiger partial charge on any atom is 0.308 e. The first kappa shape index (κ1) is 61.0. The predicted octanol–water partition coefficient (Wildman–Crippen LogP) is 4.31. The second kappa shape index (κ2) is 37.9. The van der Waals surface area contributed by atoms with Gasteiger partial charge in [-0.25, -0.2) is 0 Å². The smallest absolute Gasteiger partial charge is 0.308 e. The van der Waals surface area contributed by atoms with Gasteiger partial charge in [-0.2, -0.15) is 0 Å². The van der Waals surface area contributed by atoms with Gasteiger partial charge >= 0.3 is 5.97 Å². The van der Waals surface area contributed by atoms with Crippen molar-refractivity contribution in [3.05, 3.63) is 0 Å². The van der Waals surface area contributed by atoms with E-state index in [9.17, 15) is 15.0 Å². The number of aliphatic hydroxyl groups is 3. The highest BCUT2D eigenvalue weighted by Gasteiger charge is 2.27. The highest BCUT2D eigenvalue weighted by Crippen LogP contribution is 2.26. The lowest BCUT2D eigenvalue weighted by Crippen LogP contribution is -2.39. The number of rotatable bonds is 3. The Bertz CT molecular complexity index is 984. The zero-order valence-electron chi connectivity index (χ0n) is 42.8. The molecule has 382 valence electrons. The average molecular weight is 915 g/mol. The van der Waals surface area contributed by atoms with Crippen LogP contribution < -0.4 is 42.5 Å². The molecule has 0 spiro atoms. The van der Waals surface area contributed by atoms with Crippen molar-refractivity contribution in [1.82, 2.24) is 42.5 Å². The van der Waals surface area contributed by atoms with E-state index < -0.39 is 5.60 Å². The monoisotopic (exact) mass is 915 g/mol. The number of piperidine rings is 8. The molecule has 0 amide bonds. The summed E-state index contributed by atoms with van der Waals surface area (Å²) in [5.74, 6) is 1.56. The molecule has 8 aliphatic rings. The van der Waals surface area contributed by atoms with Crippen molar-refractivity contribution in [1.29, 1.82) is 0 Å². The lowest BCUT2D eigenvalue weighted by atomic mass is 9.83. The molecule has 8 rings (SSSR count). The molecule has 0 saturated carbocycles. The van der Waals surface area contributed by atoms with E-state index in [1.807, 2.05) is 20.8 Å². The summed E-state index contributed by atoms with van der Waals surface area (Å²) in [5.41, 5.74) is -0.237. The molecule has 0 radical (unpaired) electrons. The van der Waals surface area contributed by atoms with Crippen molar-refractivity contribution >= 4 is 5.97 Å².